The zero-order valence-corrected chi connectivity index (χ0v) is 12.9. The predicted octanol–water partition coefficient (Wildman–Crippen LogP) is -0.466. The lowest BCUT2D eigenvalue weighted by Crippen LogP contribution is -2.30. The molecule has 0 saturated heterocycles. The number of hydrogen-bond acceptors (Lipinski definition) is 8. The Labute approximate surface area is 141 Å². The molecule has 4 aromatic rings. The molecule has 0 spiro atoms. The van der Waals surface area contributed by atoms with E-state index in [9.17, 15) is 10.0 Å². The number of fused-ring (bicyclic) bond motifs is 1. The first-order chi connectivity index (χ1) is 12.1. The summed E-state index contributed by atoms with van der Waals surface area (Å²) >= 11 is 0. The van der Waals surface area contributed by atoms with Crippen LogP contribution in [0.4, 0.5) is 5.69 Å². The summed E-state index contributed by atoms with van der Waals surface area (Å²) in [5, 5.41) is 39.4. The van der Waals surface area contributed by atoms with Crippen molar-refractivity contribution in [2.24, 2.45) is 0 Å². The highest BCUT2D eigenvalue weighted by molar-refractivity contribution is 6.58. The van der Waals surface area contributed by atoms with Crippen LogP contribution in [0.1, 0.15) is 0 Å². The molecule has 2 aromatic carbocycles. The standard InChI is InChI=1S/C15H12BN7O2/c17-13-7-18-21-14-5-9(1-3-11(13)14)12-6-10(16(24)25)2-4-15(12)23-20-8-19-22-23/h1-8,24-25H,(H2,17,21). The summed E-state index contributed by atoms with van der Waals surface area (Å²) in [7, 11) is -1.59. The maximum Gasteiger partial charge on any atom is 0.488 e. The second-order valence-corrected chi connectivity index (χ2v) is 5.41. The van der Waals surface area contributed by atoms with Crippen molar-refractivity contribution in [3.63, 3.8) is 0 Å². The fraction of sp³-hybridized carbons (Fsp3) is 0. The van der Waals surface area contributed by atoms with Gasteiger partial charge >= 0.3 is 7.12 Å². The molecule has 0 aliphatic carbocycles. The van der Waals surface area contributed by atoms with Crippen LogP contribution in [0, 0.1) is 0 Å². The summed E-state index contributed by atoms with van der Waals surface area (Å²) < 4.78 is 0. The lowest BCUT2D eigenvalue weighted by atomic mass is 9.78. The van der Waals surface area contributed by atoms with Crippen LogP contribution in [0.15, 0.2) is 48.9 Å². The van der Waals surface area contributed by atoms with Gasteiger partial charge in [0.1, 0.15) is 0 Å². The van der Waals surface area contributed by atoms with Crippen molar-refractivity contribution >= 4 is 29.2 Å². The molecule has 2 heterocycles. The van der Waals surface area contributed by atoms with Crippen molar-refractivity contribution in [3.05, 3.63) is 48.9 Å². The summed E-state index contributed by atoms with van der Waals surface area (Å²) in [6.45, 7) is 0. The lowest BCUT2D eigenvalue weighted by Gasteiger charge is -2.11. The van der Waals surface area contributed by atoms with E-state index in [2.05, 4.69) is 25.6 Å². The van der Waals surface area contributed by atoms with Gasteiger partial charge in [-0.2, -0.15) is 10.2 Å². The molecule has 0 saturated carbocycles. The number of tetrazole rings is 1. The SMILES string of the molecule is Nc1cnnc2cc(-c3cc(B(O)O)ccc3-n3ncnn3)ccc12. The molecule has 0 aliphatic heterocycles. The summed E-state index contributed by atoms with van der Waals surface area (Å²) in [6.07, 6.45) is 2.82. The molecule has 0 atom stereocenters. The summed E-state index contributed by atoms with van der Waals surface area (Å²) in [4.78, 5) is 1.36. The molecule has 0 radical (unpaired) electrons. The Morgan fingerprint density at radius 3 is 2.68 bits per heavy atom. The van der Waals surface area contributed by atoms with Crippen molar-refractivity contribution in [2.75, 3.05) is 5.73 Å². The molecule has 0 aliphatic rings. The van der Waals surface area contributed by atoms with E-state index in [1.165, 1.54) is 17.3 Å². The van der Waals surface area contributed by atoms with Crippen LogP contribution in [0.2, 0.25) is 0 Å². The van der Waals surface area contributed by atoms with E-state index in [1.54, 1.807) is 18.2 Å². The number of benzene rings is 2. The Hall–Kier alpha value is -3.37. The molecule has 2 aromatic heterocycles. The number of nitrogens with zero attached hydrogens (tertiary/aromatic N) is 6. The summed E-state index contributed by atoms with van der Waals surface area (Å²) in [6, 6.07) is 10.5. The van der Waals surface area contributed by atoms with Gasteiger partial charge in [-0.1, -0.05) is 18.2 Å². The van der Waals surface area contributed by atoms with Crippen LogP contribution >= 0.6 is 0 Å². The molecular formula is C15H12BN7O2. The van der Waals surface area contributed by atoms with Gasteiger partial charge in [-0.3, -0.25) is 0 Å². The third-order valence-electron chi connectivity index (χ3n) is 3.87. The van der Waals surface area contributed by atoms with Crippen molar-refractivity contribution in [2.45, 2.75) is 0 Å². The molecule has 4 rings (SSSR count). The Morgan fingerprint density at radius 2 is 1.92 bits per heavy atom. The van der Waals surface area contributed by atoms with E-state index in [0.717, 1.165) is 10.9 Å². The van der Waals surface area contributed by atoms with Crippen molar-refractivity contribution in [3.8, 4) is 16.8 Å². The second-order valence-electron chi connectivity index (χ2n) is 5.41. The third-order valence-corrected chi connectivity index (χ3v) is 3.87. The first-order valence-electron chi connectivity index (χ1n) is 7.38. The Kier molecular flexibility index (Phi) is 3.60. The number of rotatable bonds is 3. The molecular weight excluding hydrogens is 321 g/mol. The van der Waals surface area contributed by atoms with Gasteiger partial charge in [0.15, 0.2) is 6.33 Å². The average Bonchev–Trinajstić information content (AvgIpc) is 3.15. The van der Waals surface area contributed by atoms with Crippen LogP contribution in [-0.4, -0.2) is 47.6 Å². The van der Waals surface area contributed by atoms with E-state index in [0.29, 0.717) is 27.9 Å². The predicted molar refractivity (Wildman–Crippen MR) is 91.9 cm³/mol. The van der Waals surface area contributed by atoms with Gasteiger partial charge in [0.05, 0.1) is 23.1 Å². The van der Waals surface area contributed by atoms with E-state index in [-0.39, 0.29) is 0 Å². The molecule has 0 bridgehead atoms. The molecule has 25 heavy (non-hydrogen) atoms. The van der Waals surface area contributed by atoms with E-state index in [4.69, 9.17) is 5.73 Å². The first-order valence-corrected chi connectivity index (χ1v) is 7.38. The molecule has 0 unspecified atom stereocenters. The zero-order valence-electron chi connectivity index (χ0n) is 12.9. The maximum atomic E-state index is 9.49. The van der Waals surface area contributed by atoms with Gasteiger partial charge in [-0.25, -0.2) is 0 Å². The van der Waals surface area contributed by atoms with E-state index < -0.39 is 7.12 Å². The maximum absolute atomic E-state index is 9.49. The average molecular weight is 333 g/mol. The number of nitrogen functional groups attached to an aromatic ring is 1. The number of anilines is 1. The van der Waals surface area contributed by atoms with Gasteiger partial charge in [0.2, 0.25) is 0 Å². The lowest BCUT2D eigenvalue weighted by molar-refractivity contribution is 0.426. The van der Waals surface area contributed by atoms with Gasteiger partial charge in [-0.15, -0.1) is 15.0 Å². The highest BCUT2D eigenvalue weighted by atomic mass is 16.4. The van der Waals surface area contributed by atoms with Crippen LogP contribution in [0.3, 0.4) is 0 Å². The van der Waals surface area contributed by atoms with E-state index in [1.807, 2.05) is 18.2 Å². The zero-order chi connectivity index (χ0) is 17.4. The van der Waals surface area contributed by atoms with Gasteiger partial charge in [-0.05, 0) is 34.4 Å². The molecule has 10 heteroatoms. The van der Waals surface area contributed by atoms with Crippen molar-refractivity contribution in [1.82, 2.24) is 30.4 Å². The van der Waals surface area contributed by atoms with Crippen molar-refractivity contribution < 1.29 is 10.0 Å². The minimum absolute atomic E-state index is 0.345. The third kappa shape index (κ3) is 2.69. The summed E-state index contributed by atoms with van der Waals surface area (Å²) in [5.74, 6) is 0. The minimum Gasteiger partial charge on any atom is -0.423 e. The quantitative estimate of drug-likeness (QED) is 0.428. The van der Waals surface area contributed by atoms with Crippen LogP contribution in [0.5, 0.6) is 0 Å². The number of nitrogens with two attached hydrogens (primary N) is 1. The number of aromatic nitrogens is 6. The van der Waals surface area contributed by atoms with Gasteiger partial charge < -0.3 is 15.8 Å². The van der Waals surface area contributed by atoms with Gasteiger partial charge in [0, 0.05) is 10.9 Å². The van der Waals surface area contributed by atoms with Crippen LogP contribution in [0.25, 0.3) is 27.7 Å². The highest BCUT2D eigenvalue weighted by Gasteiger charge is 2.17. The Morgan fingerprint density at radius 1 is 1.04 bits per heavy atom. The normalized spacial score (nSPS) is 11.0. The van der Waals surface area contributed by atoms with Gasteiger partial charge in [0.25, 0.3) is 0 Å². The van der Waals surface area contributed by atoms with Crippen LogP contribution in [-0.2, 0) is 0 Å². The molecule has 4 N–H and O–H groups in total. The van der Waals surface area contributed by atoms with Crippen LogP contribution < -0.4 is 11.2 Å². The monoisotopic (exact) mass is 333 g/mol. The Bertz CT molecular complexity index is 1050. The fourth-order valence-electron chi connectivity index (χ4n) is 2.65. The Balaban J connectivity index is 1.95. The molecule has 9 nitrogen and oxygen atoms in total. The smallest absolute Gasteiger partial charge is 0.423 e. The molecule has 0 fully saturated rings. The molecule has 0 amide bonds. The topological polar surface area (TPSA) is 136 Å². The van der Waals surface area contributed by atoms with E-state index >= 15 is 0 Å². The number of hydrogen-bond donors (Lipinski definition) is 3. The largest absolute Gasteiger partial charge is 0.488 e. The fourth-order valence-corrected chi connectivity index (χ4v) is 2.65. The minimum atomic E-state index is -1.59. The van der Waals surface area contributed by atoms with Crippen molar-refractivity contribution in [1.29, 1.82) is 0 Å². The highest BCUT2D eigenvalue weighted by Crippen LogP contribution is 2.29. The second kappa shape index (κ2) is 5.93. The molecule has 122 valence electrons. The summed E-state index contributed by atoms with van der Waals surface area (Å²) in [5.41, 5.74) is 9.53. The first kappa shape index (κ1) is 15.2.